The average molecular weight is 201 g/mol. The number of rotatable bonds is 0. The van der Waals surface area contributed by atoms with Crippen LogP contribution >= 0.6 is 22.9 Å². The fraction of sp³-hybridized carbons (Fsp3) is 0.167. The topological polar surface area (TPSA) is 47.3 Å². The van der Waals surface area contributed by atoms with Crippen LogP contribution in [0.15, 0.2) is 4.79 Å². The largest absolute Gasteiger partial charge is 0.293 e. The zero-order valence-corrected chi connectivity index (χ0v) is 7.61. The fourth-order valence-corrected chi connectivity index (χ4v) is 1.58. The van der Waals surface area contributed by atoms with Gasteiger partial charge in [0.1, 0.15) is 5.02 Å². The van der Waals surface area contributed by atoms with E-state index in [9.17, 15) is 4.79 Å². The second kappa shape index (κ2) is 2.53. The Hall–Kier alpha value is -0.940. The molecule has 0 aliphatic heterocycles. The lowest BCUT2D eigenvalue weighted by Crippen LogP contribution is -2.11. The van der Waals surface area contributed by atoms with Crippen molar-refractivity contribution in [2.75, 3.05) is 0 Å². The number of fused-ring (bicyclic) bond motifs is 1. The van der Waals surface area contributed by atoms with Crippen LogP contribution in [0.5, 0.6) is 0 Å². The molecule has 0 aliphatic rings. The molecule has 0 atom stereocenters. The Labute approximate surface area is 76.4 Å². The summed E-state index contributed by atoms with van der Waals surface area (Å²) in [5.74, 6) is 0. The van der Waals surface area contributed by atoms with Gasteiger partial charge in [-0.2, -0.15) is 10.1 Å². The van der Waals surface area contributed by atoms with Crippen LogP contribution in [0.2, 0.25) is 5.02 Å². The predicted octanol–water partition coefficient (Wildman–Crippen LogP) is 0.913. The molecule has 0 unspecified atom stereocenters. The molecule has 2 rings (SSSR count). The van der Waals surface area contributed by atoms with E-state index in [-0.39, 0.29) is 5.02 Å². The fourth-order valence-electron chi connectivity index (χ4n) is 0.860. The number of hydrogen-bond donors (Lipinski definition) is 0. The second-order valence-electron chi connectivity index (χ2n) is 2.20. The van der Waals surface area contributed by atoms with Crippen LogP contribution in [0, 0.1) is 12.4 Å². The minimum atomic E-state index is -0.410. The van der Waals surface area contributed by atoms with Crippen LogP contribution in [-0.2, 0) is 0 Å². The SMILES string of the molecule is Cc1c(Cl)c(=O)nc2s[c]nn12. The molecular formula is C6H3ClN3OS. The van der Waals surface area contributed by atoms with Gasteiger partial charge in [0, 0.05) is 0 Å². The molecule has 0 saturated carbocycles. The first-order valence-corrected chi connectivity index (χ1v) is 4.31. The van der Waals surface area contributed by atoms with Gasteiger partial charge in [-0.25, -0.2) is 4.52 Å². The molecule has 2 aromatic rings. The van der Waals surface area contributed by atoms with Crippen molar-refractivity contribution >= 4 is 27.9 Å². The van der Waals surface area contributed by atoms with E-state index in [1.807, 2.05) is 0 Å². The van der Waals surface area contributed by atoms with E-state index in [1.165, 1.54) is 15.9 Å². The Balaban J connectivity index is 3.04. The van der Waals surface area contributed by atoms with Gasteiger partial charge in [-0.1, -0.05) is 22.9 Å². The van der Waals surface area contributed by atoms with Crippen LogP contribution in [0.1, 0.15) is 5.69 Å². The summed E-state index contributed by atoms with van der Waals surface area (Å²) in [4.78, 5) is 15.3. The normalized spacial score (nSPS) is 10.8. The zero-order valence-electron chi connectivity index (χ0n) is 6.04. The minimum absolute atomic E-state index is 0.117. The predicted molar refractivity (Wildman–Crippen MR) is 45.7 cm³/mol. The maximum Gasteiger partial charge on any atom is 0.293 e. The molecule has 0 fully saturated rings. The Bertz CT molecular complexity index is 489. The summed E-state index contributed by atoms with van der Waals surface area (Å²) in [6.45, 7) is 1.71. The number of aromatic nitrogens is 3. The average Bonchev–Trinajstić information content (AvgIpc) is 2.48. The van der Waals surface area contributed by atoms with E-state index in [0.29, 0.717) is 10.7 Å². The van der Waals surface area contributed by atoms with E-state index in [2.05, 4.69) is 15.6 Å². The van der Waals surface area contributed by atoms with Crippen molar-refractivity contribution < 1.29 is 0 Å². The maximum absolute atomic E-state index is 11.1. The molecule has 4 nitrogen and oxygen atoms in total. The molecule has 0 aromatic carbocycles. The first kappa shape index (κ1) is 7.70. The molecule has 1 radical (unpaired) electrons. The van der Waals surface area contributed by atoms with Crippen molar-refractivity contribution in [2.24, 2.45) is 0 Å². The lowest BCUT2D eigenvalue weighted by Gasteiger charge is -1.96. The summed E-state index contributed by atoms with van der Waals surface area (Å²) < 4.78 is 1.49. The Morgan fingerprint density at radius 3 is 3.17 bits per heavy atom. The second-order valence-corrected chi connectivity index (χ2v) is 3.33. The molecular weight excluding hydrogens is 198 g/mol. The zero-order chi connectivity index (χ0) is 8.72. The summed E-state index contributed by atoms with van der Waals surface area (Å²) in [7, 11) is 0. The Morgan fingerprint density at radius 1 is 1.67 bits per heavy atom. The van der Waals surface area contributed by atoms with E-state index in [0.717, 1.165) is 0 Å². The number of nitrogens with zero attached hydrogens (tertiary/aromatic N) is 3. The van der Waals surface area contributed by atoms with E-state index >= 15 is 0 Å². The van der Waals surface area contributed by atoms with E-state index < -0.39 is 5.56 Å². The van der Waals surface area contributed by atoms with Crippen molar-refractivity contribution in [3.05, 3.63) is 26.6 Å². The lowest BCUT2D eigenvalue weighted by atomic mass is 10.4. The van der Waals surface area contributed by atoms with E-state index in [4.69, 9.17) is 11.6 Å². The summed E-state index contributed by atoms with van der Waals surface area (Å²) >= 11 is 6.85. The summed E-state index contributed by atoms with van der Waals surface area (Å²) in [5, 5.41) is 3.96. The number of aryl methyl sites for hydroxylation is 1. The number of halogens is 1. The third-order valence-electron chi connectivity index (χ3n) is 1.48. The molecule has 0 amide bonds. The standard InChI is InChI=1S/C6H3ClN3OS/c1-3-4(7)5(11)9-6-10(3)8-2-12-6/h1H3. The highest BCUT2D eigenvalue weighted by atomic mass is 35.5. The molecule has 61 valence electrons. The van der Waals surface area contributed by atoms with Crippen molar-refractivity contribution in [3.8, 4) is 0 Å². The monoisotopic (exact) mass is 200 g/mol. The molecule has 0 saturated heterocycles. The van der Waals surface area contributed by atoms with Gasteiger partial charge in [0.15, 0.2) is 5.51 Å². The molecule has 0 N–H and O–H groups in total. The smallest absolute Gasteiger partial charge is 0.266 e. The van der Waals surface area contributed by atoms with Gasteiger partial charge in [0.2, 0.25) is 4.96 Å². The highest BCUT2D eigenvalue weighted by Gasteiger charge is 2.07. The van der Waals surface area contributed by atoms with Gasteiger partial charge in [-0.15, -0.1) is 0 Å². The third kappa shape index (κ3) is 0.937. The van der Waals surface area contributed by atoms with Gasteiger partial charge in [-0.05, 0) is 6.92 Å². The first-order chi connectivity index (χ1) is 5.70. The highest BCUT2D eigenvalue weighted by Crippen LogP contribution is 2.11. The van der Waals surface area contributed by atoms with Crippen LogP contribution in [0.25, 0.3) is 4.96 Å². The van der Waals surface area contributed by atoms with Gasteiger partial charge in [-0.3, -0.25) is 4.79 Å². The molecule has 0 aliphatic carbocycles. The molecule has 6 heteroatoms. The maximum atomic E-state index is 11.1. The molecule has 2 heterocycles. The van der Waals surface area contributed by atoms with Gasteiger partial charge in [0.05, 0.1) is 5.69 Å². The van der Waals surface area contributed by atoms with Crippen LogP contribution in [0.3, 0.4) is 0 Å². The Morgan fingerprint density at radius 2 is 2.42 bits per heavy atom. The summed E-state index contributed by atoms with van der Waals surface area (Å²) in [6.07, 6.45) is 0. The van der Waals surface area contributed by atoms with E-state index in [1.54, 1.807) is 6.92 Å². The number of hydrogen-bond acceptors (Lipinski definition) is 4. The third-order valence-corrected chi connectivity index (χ3v) is 2.53. The first-order valence-electron chi connectivity index (χ1n) is 3.12. The van der Waals surface area contributed by atoms with Gasteiger partial charge >= 0.3 is 0 Å². The molecule has 2 aromatic heterocycles. The van der Waals surface area contributed by atoms with Crippen LogP contribution in [0.4, 0.5) is 0 Å². The molecule has 0 spiro atoms. The Kier molecular flexibility index (Phi) is 1.62. The van der Waals surface area contributed by atoms with Crippen molar-refractivity contribution in [1.29, 1.82) is 0 Å². The van der Waals surface area contributed by atoms with Crippen molar-refractivity contribution in [1.82, 2.24) is 14.6 Å². The molecule has 0 bridgehead atoms. The van der Waals surface area contributed by atoms with Crippen molar-refractivity contribution in [2.45, 2.75) is 6.92 Å². The summed E-state index contributed by atoms with van der Waals surface area (Å²) in [5.41, 5.74) is 2.82. The highest BCUT2D eigenvalue weighted by molar-refractivity contribution is 7.14. The van der Waals surface area contributed by atoms with Crippen LogP contribution in [-0.4, -0.2) is 14.6 Å². The van der Waals surface area contributed by atoms with Crippen molar-refractivity contribution in [3.63, 3.8) is 0 Å². The van der Waals surface area contributed by atoms with Crippen LogP contribution < -0.4 is 5.56 Å². The molecule has 12 heavy (non-hydrogen) atoms. The lowest BCUT2D eigenvalue weighted by molar-refractivity contribution is 0.884. The van der Waals surface area contributed by atoms with Gasteiger partial charge in [0.25, 0.3) is 5.56 Å². The quantitative estimate of drug-likeness (QED) is 0.635. The van der Waals surface area contributed by atoms with Gasteiger partial charge < -0.3 is 0 Å². The summed E-state index contributed by atoms with van der Waals surface area (Å²) in [6, 6.07) is 0. The minimum Gasteiger partial charge on any atom is -0.266 e.